The molecule has 0 N–H and O–H groups in total. The number of hydrogen-bond donors (Lipinski definition) is 0. The monoisotopic (exact) mass is 263 g/mol. The predicted molar refractivity (Wildman–Crippen MR) is 72.9 cm³/mol. The lowest BCUT2D eigenvalue weighted by atomic mass is 9.80. The number of rotatable bonds is 1. The molecule has 4 aliphatic rings. The number of ketones is 1. The van der Waals surface area contributed by atoms with Gasteiger partial charge in [-0.05, 0) is 51.9 Å². The Labute approximate surface area is 115 Å². The summed E-state index contributed by atoms with van der Waals surface area (Å²) in [6, 6.07) is 0.385. The molecule has 2 aliphatic carbocycles. The van der Waals surface area contributed by atoms with Crippen molar-refractivity contribution in [1.82, 2.24) is 4.90 Å². The van der Waals surface area contributed by atoms with Crippen LogP contribution in [0.4, 0.5) is 0 Å². The molecule has 2 spiro atoms. The molecule has 0 aromatic rings. The maximum Gasteiger partial charge on any atom is 0.142 e. The molecule has 2 aliphatic heterocycles. The first-order valence-corrected chi connectivity index (χ1v) is 7.83. The lowest BCUT2D eigenvalue weighted by Crippen LogP contribution is -2.54. The summed E-state index contributed by atoms with van der Waals surface area (Å²) in [5.41, 5.74) is 0.308. The molecule has 0 radical (unpaired) electrons. The molecule has 2 saturated carbocycles. The van der Waals surface area contributed by atoms with Gasteiger partial charge in [0.1, 0.15) is 5.78 Å². The minimum Gasteiger partial charge on any atom is -0.371 e. The Bertz CT molecular complexity index is 435. The Morgan fingerprint density at radius 2 is 2.00 bits per heavy atom. The third-order valence-corrected chi connectivity index (χ3v) is 5.87. The maximum absolute atomic E-state index is 12.6. The van der Waals surface area contributed by atoms with E-state index in [1.807, 2.05) is 0 Å². The van der Waals surface area contributed by atoms with Gasteiger partial charge in [-0.3, -0.25) is 9.69 Å². The summed E-state index contributed by atoms with van der Waals surface area (Å²) in [5, 5.41) is 0. The summed E-state index contributed by atoms with van der Waals surface area (Å²) >= 11 is 0. The van der Waals surface area contributed by atoms with Crippen molar-refractivity contribution < 1.29 is 9.53 Å². The second kappa shape index (κ2) is 3.43. The third-order valence-electron chi connectivity index (χ3n) is 5.87. The standard InChI is InChI=1S/C16H25NO2/c1-14(2,3)19-11-4-8-17-9-5-12(18)16(13(11)17)10-15(16)6-7-15/h11,13H,4-10H2,1-3H3/t11-,13-,16-/m0/s1. The van der Waals surface area contributed by atoms with E-state index in [1.54, 1.807) is 0 Å². The zero-order valence-electron chi connectivity index (χ0n) is 12.4. The van der Waals surface area contributed by atoms with Crippen LogP contribution in [0.2, 0.25) is 0 Å². The molecule has 19 heavy (non-hydrogen) atoms. The molecule has 2 saturated heterocycles. The number of fused-ring (bicyclic) bond motifs is 3. The first-order chi connectivity index (χ1) is 8.88. The van der Waals surface area contributed by atoms with E-state index in [0.29, 0.717) is 17.2 Å². The number of Topliss-reactive ketones (excluding diaryl/α,β-unsaturated/α-hetero) is 1. The molecule has 0 amide bonds. The zero-order valence-corrected chi connectivity index (χ0v) is 12.4. The highest BCUT2D eigenvalue weighted by molar-refractivity contribution is 5.92. The van der Waals surface area contributed by atoms with Gasteiger partial charge in [-0.2, -0.15) is 0 Å². The van der Waals surface area contributed by atoms with Gasteiger partial charge in [0.2, 0.25) is 0 Å². The highest BCUT2D eigenvalue weighted by Crippen LogP contribution is 2.82. The van der Waals surface area contributed by atoms with Crippen LogP contribution in [0.1, 0.15) is 52.9 Å². The van der Waals surface area contributed by atoms with Crippen molar-refractivity contribution in [2.45, 2.75) is 70.6 Å². The number of carbonyl (C=O) groups is 1. The van der Waals surface area contributed by atoms with Crippen LogP contribution < -0.4 is 0 Å². The molecule has 3 atom stereocenters. The Morgan fingerprint density at radius 3 is 2.58 bits per heavy atom. The van der Waals surface area contributed by atoms with Gasteiger partial charge in [-0.1, -0.05) is 0 Å². The molecule has 2 heterocycles. The summed E-state index contributed by atoms with van der Waals surface area (Å²) < 4.78 is 6.32. The predicted octanol–water partition coefficient (Wildman–Crippen LogP) is 2.39. The Kier molecular flexibility index (Phi) is 2.23. The van der Waals surface area contributed by atoms with E-state index in [1.165, 1.54) is 12.8 Å². The Morgan fingerprint density at radius 1 is 1.26 bits per heavy atom. The molecule has 0 aromatic carbocycles. The van der Waals surface area contributed by atoms with Crippen LogP contribution in [0.25, 0.3) is 0 Å². The van der Waals surface area contributed by atoms with Crippen molar-refractivity contribution in [3.8, 4) is 0 Å². The maximum atomic E-state index is 12.6. The van der Waals surface area contributed by atoms with Crippen molar-refractivity contribution >= 4 is 5.78 Å². The Balaban J connectivity index is 1.65. The number of carbonyl (C=O) groups excluding carboxylic acids is 1. The minimum absolute atomic E-state index is 0.00231. The highest BCUT2D eigenvalue weighted by Gasteiger charge is 2.82. The van der Waals surface area contributed by atoms with Gasteiger partial charge in [-0.25, -0.2) is 0 Å². The van der Waals surface area contributed by atoms with Gasteiger partial charge >= 0.3 is 0 Å². The second-order valence-corrected chi connectivity index (χ2v) is 8.14. The highest BCUT2D eigenvalue weighted by atomic mass is 16.5. The van der Waals surface area contributed by atoms with Crippen molar-refractivity contribution in [3.05, 3.63) is 0 Å². The van der Waals surface area contributed by atoms with Gasteiger partial charge in [0.05, 0.1) is 17.1 Å². The van der Waals surface area contributed by atoms with E-state index >= 15 is 0 Å². The largest absolute Gasteiger partial charge is 0.371 e. The molecule has 3 heteroatoms. The molecule has 4 rings (SSSR count). The normalized spacial score (nSPS) is 43.8. The molecule has 0 bridgehead atoms. The van der Waals surface area contributed by atoms with Gasteiger partial charge < -0.3 is 4.74 Å². The third kappa shape index (κ3) is 1.55. The van der Waals surface area contributed by atoms with Gasteiger partial charge in [0.25, 0.3) is 0 Å². The fourth-order valence-corrected chi connectivity index (χ4v) is 4.99. The molecular formula is C16H25NO2. The van der Waals surface area contributed by atoms with E-state index in [9.17, 15) is 4.79 Å². The van der Waals surface area contributed by atoms with E-state index in [-0.39, 0.29) is 17.1 Å². The summed E-state index contributed by atoms with van der Waals surface area (Å²) in [4.78, 5) is 15.2. The van der Waals surface area contributed by atoms with Crippen molar-refractivity contribution in [3.63, 3.8) is 0 Å². The molecule has 0 aromatic heterocycles. The fourth-order valence-electron chi connectivity index (χ4n) is 4.99. The summed E-state index contributed by atoms with van der Waals surface area (Å²) in [5.74, 6) is 0.552. The summed E-state index contributed by atoms with van der Waals surface area (Å²) in [6.45, 7) is 8.48. The van der Waals surface area contributed by atoms with Gasteiger partial charge in [0, 0.05) is 25.6 Å². The van der Waals surface area contributed by atoms with E-state index in [0.717, 1.165) is 32.4 Å². The first-order valence-electron chi connectivity index (χ1n) is 7.83. The SMILES string of the molecule is CC(C)(C)O[C@H]1CCN2CCC(=O)[C@@]3(CC34CC4)[C@H]12. The number of piperidine rings is 1. The van der Waals surface area contributed by atoms with Crippen LogP contribution in [0.5, 0.6) is 0 Å². The summed E-state index contributed by atoms with van der Waals surface area (Å²) in [6.07, 6.45) is 5.87. The van der Waals surface area contributed by atoms with Gasteiger partial charge in [0.15, 0.2) is 0 Å². The van der Waals surface area contributed by atoms with Crippen LogP contribution in [0, 0.1) is 10.8 Å². The number of ether oxygens (including phenoxy) is 1. The average molecular weight is 263 g/mol. The Hall–Kier alpha value is -0.410. The molecule has 4 fully saturated rings. The second-order valence-electron chi connectivity index (χ2n) is 8.14. The number of nitrogens with zero attached hydrogens (tertiary/aromatic N) is 1. The van der Waals surface area contributed by atoms with Gasteiger partial charge in [-0.15, -0.1) is 0 Å². The zero-order chi connectivity index (χ0) is 13.5. The molecule has 106 valence electrons. The van der Waals surface area contributed by atoms with E-state index in [2.05, 4.69) is 25.7 Å². The molecule has 0 unspecified atom stereocenters. The smallest absolute Gasteiger partial charge is 0.142 e. The van der Waals surface area contributed by atoms with Crippen LogP contribution in [-0.4, -0.2) is 41.5 Å². The lowest BCUT2D eigenvalue weighted by Gasteiger charge is -2.41. The van der Waals surface area contributed by atoms with Crippen LogP contribution >= 0.6 is 0 Å². The topological polar surface area (TPSA) is 29.5 Å². The van der Waals surface area contributed by atoms with Crippen molar-refractivity contribution in [2.24, 2.45) is 10.8 Å². The van der Waals surface area contributed by atoms with Crippen molar-refractivity contribution in [2.75, 3.05) is 13.1 Å². The van der Waals surface area contributed by atoms with Crippen LogP contribution in [0.3, 0.4) is 0 Å². The fraction of sp³-hybridized carbons (Fsp3) is 0.938. The van der Waals surface area contributed by atoms with E-state index in [4.69, 9.17) is 4.74 Å². The van der Waals surface area contributed by atoms with Crippen LogP contribution in [-0.2, 0) is 9.53 Å². The average Bonchev–Trinajstić information content (AvgIpc) is 3.16. The molecule has 3 nitrogen and oxygen atoms in total. The first kappa shape index (κ1) is 12.3. The number of hydrogen-bond acceptors (Lipinski definition) is 3. The minimum atomic E-state index is -0.103. The van der Waals surface area contributed by atoms with Crippen LogP contribution in [0.15, 0.2) is 0 Å². The summed E-state index contributed by atoms with van der Waals surface area (Å²) in [7, 11) is 0. The quantitative estimate of drug-likeness (QED) is 0.727. The van der Waals surface area contributed by atoms with Crippen molar-refractivity contribution in [1.29, 1.82) is 0 Å². The lowest BCUT2D eigenvalue weighted by molar-refractivity contribution is -0.139. The molecular weight excluding hydrogens is 238 g/mol. The van der Waals surface area contributed by atoms with E-state index < -0.39 is 0 Å².